The molecule has 2 heterocycles. The maximum absolute atomic E-state index is 12.8. The lowest BCUT2D eigenvalue weighted by atomic mass is 10.0. The highest BCUT2D eigenvalue weighted by Gasteiger charge is 2.25. The summed E-state index contributed by atoms with van der Waals surface area (Å²) in [5, 5.41) is 3.05. The number of carbonyl (C=O) groups excluding carboxylic acids is 3. The van der Waals surface area contributed by atoms with E-state index in [2.05, 4.69) is 15.3 Å². The van der Waals surface area contributed by atoms with E-state index in [1.807, 2.05) is 6.07 Å². The van der Waals surface area contributed by atoms with Crippen LogP contribution in [0.15, 0.2) is 48.8 Å². The van der Waals surface area contributed by atoms with E-state index in [0.717, 1.165) is 11.0 Å². The van der Waals surface area contributed by atoms with Crippen molar-refractivity contribution < 1.29 is 19.1 Å². The number of fused-ring (bicyclic) bond motifs is 1. The van der Waals surface area contributed by atoms with Gasteiger partial charge in [-0.25, -0.2) is 4.98 Å². The van der Waals surface area contributed by atoms with Gasteiger partial charge in [0.25, 0.3) is 11.8 Å². The number of H-pyrrole nitrogens is 1. The smallest absolute Gasteiger partial charge is 0.308 e. The second-order valence-electron chi connectivity index (χ2n) is 7.30. The van der Waals surface area contributed by atoms with Crippen molar-refractivity contribution in [3.8, 4) is 5.75 Å². The summed E-state index contributed by atoms with van der Waals surface area (Å²) in [6, 6.07) is 12.0. The van der Waals surface area contributed by atoms with E-state index < -0.39 is 5.97 Å². The number of imidazole rings is 1. The molecule has 0 aliphatic carbocycles. The van der Waals surface area contributed by atoms with Crippen LogP contribution in [-0.2, 0) is 4.79 Å². The average Bonchev–Trinajstić information content (AvgIpc) is 3.21. The Balaban J connectivity index is 1.33. The van der Waals surface area contributed by atoms with Gasteiger partial charge in [-0.2, -0.15) is 0 Å². The SMILES string of the molecule is CC(=O)Oc1cccc(C(=O)N2CCC(NC(=O)c3ccc4nc[nH]c4c3)CC2)c1. The third kappa shape index (κ3) is 4.32. The number of amides is 2. The molecule has 1 aliphatic heterocycles. The van der Waals surface area contributed by atoms with E-state index >= 15 is 0 Å². The van der Waals surface area contributed by atoms with E-state index in [0.29, 0.717) is 42.8 Å². The molecule has 1 fully saturated rings. The molecule has 30 heavy (non-hydrogen) atoms. The number of hydrogen-bond donors (Lipinski definition) is 2. The number of rotatable bonds is 4. The normalized spacial score (nSPS) is 14.5. The molecule has 0 spiro atoms. The first-order valence-electron chi connectivity index (χ1n) is 9.81. The minimum Gasteiger partial charge on any atom is -0.427 e. The van der Waals surface area contributed by atoms with E-state index in [4.69, 9.17) is 4.74 Å². The lowest BCUT2D eigenvalue weighted by molar-refractivity contribution is -0.131. The van der Waals surface area contributed by atoms with Crippen molar-refractivity contribution in [2.75, 3.05) is 13.1 Å². The molecule has 0 radical (unpaired) electrons. The highest BCUT2D eigenvalue weighted by atomic mass is 16.5. The first-order chi connectivity index (χ1) is 14.5. The Hall–Kier alpha value is -3.68. The van der Waals surface area contributed by atoms with Crippen molar-refractivity contribution in [1.82, 2.24) is 20.2 Å². The van der Waals surface area contributed by atoms with Gasteiger partial charge >= 0.3 is 5.97 Å². The number of hydrogen-bond acceptors (Lipinski definition) is 5. The number of benzene rings is 2. The summed E-state index contributed by atoms with van der Waals surface area (Å²) in [6.07, 6.45) is 2.95. The third-order valence-corrected chi connectivity index (χ3v) is 5.14. The number of ether oxygens (including phenoxy) is 1. The van der Waals surface area contributed by atoms with Crippen molar-refractivity contribution in [1.29, 1.82) is 0 Å². The standard InChI is InChI=1S/C22H22N4O4/c1-14(27)30-18-4-2-3-16(11-18)22(29)26-9-7-17(8-10-26)25-21(28)15-5-6-19-20(12-15)24-13-23-19/h2-6,11-13,17H,7-10H2,1H3,(H,23,24)(H,25,28). The average molecular weight is 406 g/mol. The van der Waals surface area contributed by atoms with E-state index in [9.17, 15) is 14.4 Å². The predicted octanol–water partition coefficient (Wildman–Crippen LogP) is 2.52. The highest BCUT2D eigenvalue weighted by Crippen LogP contribution is 2.19. The Kier molecular flexibility index (Phi) is 5.47. The van der Waals surface area contributed by atoms with Crippen LogP contribution in [0.25, 0.3) is 11.0 Å². The van der Waals surface area contributed by atoms with Gasteiger partial charge in [0, 0.05) is 37.2 Å². The second-order valence-corrected chi connectivity index (χ2v) is 7.30. The zero-order valence-corrected chi connectivity index (χ0v) is 16.6. The van der Waals surface area contributed by atoms with Crippen molar-refractivity contribution in [3.05, 3.63) is 59.9 Å². The summed E-state index contributed by atoms with van der Waals surface area (Å²) in [7, 11) is 0. The lowest BCUT2D eigenvalue weighted by Crippen LogP contribution is -2.46. The van der Waals surface area contributed by atoms with E-state index in [-0.39, 0.29) is 17.9 Å². The van der Waals surface area contributed by atoms with Crippen LogP contribution in [-0.4, -0.2) is 51.8 Å². The third-order valence-electron chi connectivity index (χ3n) is 5.14. The van der Waals surface area contributed by atoms with Crippen molar-refractivity contribution in [2.24, 2.45) is 0 Å². The molecule has 3 aromatic rings. The fraction of sp³-hybridized carbons (Fsp3) is 0.273. The summed E-state index contributed by atoms with van der Waals surface area (Å²) in [6.45, 7) is 2.41. The van der Waals surface area contributed by atoms with Crippen molar-refractivity contribution >= 4 is 28.8 Å². The Bertz CT molecular complexity index is 1100. The molecule has 0 unspecified atom stereocenters. The molecule has 0 atom stereocenters. The monoisotopic (exact) mass is 406 g/mol. The molecule has 2 N–H and O–H groups in total. The number of nitrogens with zero attached hydrogens (tertiary/aromatic N) is 2. The lowest BCUT2D eigenvalue weighted by Gasteiger charge is -2.32. The zero-order valence-electron chi connectivity index (χ0n) is 16.6. The van der Waals surface area contributed by atoms with Gasteiger partial charge in [-0.3, -0.25) is 14.4 Å². The number of aromatic amines is 1. The molecule has 8 heteroatoms. The second kappa shape index (κ2) is 8.36. The molecule has 0 bridgehead atoms. The Morgan fingerprint density at radius 1 is 1.10 bits per heavy atom. The van der Waals surface area contributed by atoms with Crippen LogP contribution in [0.3, 0.4) is 0 Å². The molecule has 1 aromatic heterocycles. The van der Waals surface area contributed by atoms with Gasteiger partial charge in [-0.05, 0) is 49.2 Å². The van der Waals surface area contributed by atoms with Crippen LogP contribution in [0.5, 0.6) is 5.75 Å². The molecular formula is C22H22N4O4. The van der Waals surface area contributed by atoms with Gasteiger partial charge in [0.1, 0.15) is 5.75 Å². The van der Waals surface area contributed by atoms with Gasteiger partial charge in [-0.1, -0.05) is 6.07 Å². The van der Waals surface area contributed by atoms with Crippen LogP contribution in [0.1, 0.15) is 40.5 Å². The topological polar surface area (TPSA) is 104 Å². The van der Waals surface area contributed by atoms with Gasteiger partial charge < -0.3 is 19.9 Å². The Morgan fingerprint density at radius 3 is 2.67 bits per heavy atom. The van der Waals surface area contributed by atoms with Crippen LogP contribution in [0, 0.1) is 0 Å². The maximum Gasteiger partial charge on any atom is 0.308 e. The molecule has 1 saturated heterocycles. The van der Waals surface area contributed by atoms with Gasteiger partial charge in [0.05, 0.1) is 17.4 Å². The molecule has 4 rings (SSSR count). The number of piperidine rings is 1. The fourth-order valence-electron chi connectivity index (χ4n) is 3.61. The van der Waals surface area contributed by atoms with Gasteiger partial charge in [0.2, 0.25) is 0 Å². The van der Waals surface area contributed by atoms with Crippen molar-refractivity contribution in [3.63, 3.8) is 0 Å². The Labute approximate surface area is 173 Å². The van der Waals surface area contributed by atoms with Gasteiger partial charge in [-0.15, -0.1) is 0 Å². The number of aromatic nitrogens is 2. The van der Waals surface area contributed by atoms with Gasteiger partial charge in [0.15, 0.2) is 0 Å². The fourth-order valence-corrected chi connectivity index (χ4v) is 3.61. The molecule has 8 nitrogen and oxygen atoms in total. The van der Waals surface area contributed by atoms with Crippen LogP contribution < -0.4 is 10.1 Å². The Morgan fingerprint density at radius 2 is 1.90 bits per heavy atom. The van der Waals surface area contributed by atoms with Crippen LogP contribution >= 0.6 is 0 Å². The molecule has 0 saturated carbocycles. The molecule has 2 aromatic carbocycles. The maximum atomic E-state index is 12.8. The summed E-state index contributed by atoms with van der Waals surface area (Å²) >= 11 is 0. The summed E-state index contributed by atoms with van der Waals surface area (Å²) < 4.78 is 5.05. The zero-order chi connectivity index (χ0) is 21.1. The quantitative estimate of drug-likeness (QED) is 0.512. The first kappa shape index (κ1) is 19.6. The number of nitrogens with one attached hydrogen (secondary N) is 2. The molecule has 154 valence electrons. The molecule has 1 aliphatic rings. The summed E-state index contributed by atoms with van der Waals surface area (Å²) in [5.74, 6) is -0.323. The van der Waals surface area contributed by atoms with Crippen molar-refractivity contribution in [2.45, 2.75) is 25.8 Å². The minimum atomic E-state index is -0.428. The summed E-state index contributed by atoms with van der Waals surface area (Å²) in [5.41, 5.74) is 2.69. The van der Waals surface area contributed by atoms with Crippen LogP contribution in [0.4, 0.5) is 0 Å². The molecule has 2 amide bonds. The molecular weight excluding hydrogens is 384 g/mol. The number of likely N-dealkylation sites (tertiary alicyclic amines) is 1. The van der Waals surface area contributed by atoms with E-state index in [1.165, 1.54) is 6.92 Å². The predicted molar refractivity (Wildman–Crippen MR) is 110 cm³/mol. The minimum absolute atomic E-state index is 0.00592. The summed E-state index contributed by atoms with van der Waals surface area (Å²) in [4.78, 5) is 45.4. The van der Waals surface area contributed by atoms with E-state index in [1.54, 1.807) is 47.6 Å². The number of esters is 1. The first-order valence-corrected chi connectivity index (χ1v) is 9.81. The largest absolute Gasteiger partial charge is 0.427 e. The number of carbonyl (C=O) groups is 3. The van der Waals surface area contributed by atoms with Crippen LogP contribution in [0.2, 0.25) is 0 Å². The highest BCUT2D eigenvalue weighted by molar-refractivity contribution is 5.97.